The van der Waals surface area contributed by atoms with Crippen LogP contribution in [0.5, 0.6) is 0 Å². The fourth-order valence-corrected chi connectivity index (χ4v) is 5.58. The van der Waals surface area contributed by atoms with Gasteiger partial charge in [0.2, 0.25) is 5.91 Å². The van der Waals surface area contributed by atoms with Gasteiger partial charge < -0.3 is 9.88 Å². The van der Waals surface area contributed by atoms with E-state index in [1.165, 1.54) is 0 Å². The highest BCUT2D eigenvalue weighted by molar-refractivity contribution is 8.18. The third-order valence-corrected chi connectivity index (χ3v) is 7.84. The lowest BCUT2D eigenvalue weighted by Gasteiger charge is -2.11. The molecule has 2 aromatic carbocycles. The second-order valence-electron chi connectivity index (χ2n) is 8.28. The molecule has 1 saturated heterocycles. The standard InChI is InChI=1S/C27H20ClN3O4S2/c28-19-9-7-17(8-10-19)23(32)15-31-26(34)24(37-27(31)35)12-18-14-30(22-6-2-1-5-21(18)22)16-25(33)29-13-20-4-3-11-36-20/h1-12,14H,13,15-16H2,(H,29,33)/b24-12-. The minimum absolute atomic E-state index is 0.108. The molecule has 3 heterocycles. The number of para-hydroxylation sites is 1. The first-order chi connectivity index (χ1) is 17.9. The first-order valence-corrected chi connectivity index (χ1v) is 13.4. The molecule has 3 amide bonds. The lowest BCUT2D eigenvalue weighted by molar-refractivity contribution is -0.123. The molecule has 5 rings (SSSR count). The highest BCUT2D eigenvalue weighted by Crippen LogP contribution is 2.34. The molecule has 0 saturated carbocycles. The summed E-state index contributed by atoms with van der Waals surface area (Å²) in [7, 11) is 0. The van der Waals surface area contributed by atoms with Crippen molar-refractivity contribution in [3.8, 4) is 0 Å². The summed E-state index contributed by atoms with van der Waals surface area (Å²) in [6.07, 6.45) is 3.43. The summed E-state index contributed by atoms with van der Waals surface area (Å²) in [5, 5.41) is 5.71. The van der Waals surface area contributed by atoms with Crippen LogP contribution in [0.3, 0.4) is 0 Å². The Morgan fingerprint density at radius 3 is 2.51 bits per heavy atom. The summed E-state index contributed by atoms with van der Waals surface area (Å²) < 4.78 is 1.82. The molecule has 7 nitrogen and oxygen atoms in total. The molecular weight excluding hydrogens is 530 g/mol. The summed E-state index contributed by atoms with van der Waals surface area (Å²) in [4.78, 5) is 53.1. The number of amides is 3. The van der Waals surface area contributed by atoms with Crippen LogP contribution in [-0.4, -0.2) is 38.8 Å². The maximum Gasteiger partial charge on any atom is 0.293 e. The Kier molecular flexibility index (Phi) is 7.27. The van der Waals surface area contributed by atoms with Gasteiger partial charge >= 0.3 is 0 Å². The predicted molar refractivity (Wildman–Crippen MR) is 147 cm³/mol. The van der Waals surface area contributed by atoms with E-state index in [2.05, 4.69) is 5.32 Å². The average molecular weight is 550 g/mol. The van der Waals surface area contributed by atoms with Crippen molar-refractivity contribution in [1.82, 2.24) is 14.8 Å². The van der Waals surface area contributed by atoms with Crippen LogP contribution >= 0.6 is 34.7 Å². The van der Waals surface area contributed by atoms with Crippen molar-refractivity contribution in [2.75, 3.05) is 6.54 Å². The first kappa shape index (κ1) is 25.0. The minimum atomic E-state index is -0.525. The van der Waals surface area contributed by atoms with Gasteiger partial charge in [-0.1, -0.05) is 35.9 Å². The van der Waals surface area contributed by atoms with Crippen molar-refractivity contribution >= 4 is 74.5 Å². The summed E-state index contributed by atoms with van der Waals surface area (Å²) >= 11 is 8.24. The maximum atomic E-state index is 13.0. The zero-order valence-corrected chi connectivity index (χ0v) is 21.7. The lowest BCUT2D eigenvalue weighted by atomic mass is 10.1. The number of carbonyl (C=O) groups excluding carboxylic acids is 4. The number of Topliss-reactive ketones (excluding diaryl/α,β-unsaturated/α-hetero) is 1. The molecule has 0 unspecified atom stereocenters. The molecule has 4 aromatic rings. The Balaban J connectivity index is 1.34. The molecule has 37 heavy (non-hydrogen) atoms. The average Bonchev–Trinajstić information content (AvgIpc) is 3.60. The molecule has 2 aromatic heterocycles. The quantitative estimate of drug-likeness (QED) is 0.228. The van der Waals surface area contributed by atoms with Crippen LogP contribution in [0.1, 0.15) is 20.8 Å². The van der Waals surface area contributed by atoms with Gasteiger partial charge in [-0.3, -0.25) is 24.1 Å². The number of rotatable bonds is 8. The number of thioether (sulfide) groups is 1. The number of nitrogens with one attached hydrogen (secondary N) is 1. The molecule has 0 aliphatic carbocycles. The number of nitrogens with zero attached hydrogens (tertiary/aromatic N) is 2. The van der Waals surface area contributed by atoms with Crippen LogP contribution in [0.4, 0.5) is 4.79 Å². The van der Waals surface area contributed by atoms with Crippen LogP contribution in [0.15, 0.2) is 77.1 Å². The zero-order chi connectivity index (χ0) is 25.9. The first-order valence-electron chi connectivity index (χ1n) is 11.3. The molecule has 0 atom stereocenters. The summed E-state index contributed by atoms with van der Waals surface area (Å²) in [5.74, 6) is -1.02. The van der Waals surface area contributed by atoms with Crippen molar-refractivity contribution in [3.05, 3.63) is 98.2 Å². The van der Waals surface area contributed by atoms with Crippen molar-refractivity contribution in [3.63, 3.8) is 0 Å². The number of carbonyl (C=O) groups is 4. The molecule has 1 fully saturated rings. The Morgan fingerprint density at radius 2 is 1.76 bits per heavy atom. The third-order valence-electron chi connectivity index (χ3n) is 5.80. The smallest absolute Gasteiger partial charge is 0.293 e. The van der Waals surface area contributed by atoms with Gasteiger partial charge in [-0.15, -0.1) is 11.3 Å². The Hall–Kier alpha value is -3.66. The molecule has 1 N–H and O–H groups in total. The fourth-order valence-electron chi connectivity index (χ4n) is 3.98. The predicted octanol–water partition coefficient (Wildman–Crippen LogP) is 5.59. The number of halogens is 1. The molecular formula is C27H20ClN3O4S2. The van der Waals surface area contributed by atoms with E-state index in [1.807, 2.05) is 46.3 Å². The van der Waals surface area contributed by atoms with Gasteiger partial charge in [-0.2, -0.15) is 0 Å². The molecule has 0 bridgehead atoms. The van der Waals surface area contributed by atoms with Gasteiger partial charge in [-0.25, -0.2) is 0 Å². The number of imide groups is 1. The van der Waals surface area contributed by atoms with E-state index in [-0.39, 0.29) is 29.7 Å². The number of hydrogen-bond acceptors (Lipinski definition) is 6. The van der Waals surface area contributed by atoms with Crippen molar-refractivity contribution in [2.24, 2.45) is 0 Å². The van der Waals surface area contributed by atoms with Gasteiger partial charge in [0.05, 0.1) is 18.0 Å². The topological polar surface area (TPSA) is 88.5 Å². The second kappa shape index (κ2) is 10.8. The normalized spacial score (nSPS) is 14.6. The molecule has 0 radical (unpaired) electrons. The van der Waals surface area contributed by atoms with Crippen molar-refractivity contribution in [2.45, 2.75) is 13.1 Å². The van der Waals surface area contributed by atoms with Crippen LogP contribution < -0.4 is 5.32 Å². The second-order valence-corrected chi connectivity index (χ2v) is 10.7. The van der Waals surface area contributed by atoms with Crippen LogP contribution in [0.2, 0.25) is 5.02 Å². The minimum Gasteiger partial charge on any atom is -0.350 e. The molecule has 1 aliphatic rings. The van der Waals surface area contributed by atoms with E-state index in [0.29, 0.717) is 22.7 Å². The van der Waals surface area contributed by atoms with E-state index >= 15 is 0 Å². The van der Waals surface area contributed by atoms with Crippen LogP contribution in [-0.2, 0) is 22.7 Å². The lowest BCUT2D eigenvalue weighted by Crippen LogP contribution is -2.33. The highest BCUT2D eigenvalue weighted by Gasteiger charge is 2.36. The highest BCUT2D eigenvalue weighted by atomic mass is 35.5. The van der Waals surface area contributed by atoms with E-state index in [4.69, 9.17) is 11.6 Å². The summed E-state index contributed by atoms with van der Waals surface area (Å²) in [6, 6.07) is 17.7. The number of ketones is 1. The van der Waals surface area contributed by atoms with Gasteiger partial charge in [0, 0.05) is 38.1 Å². The molecule has 1 aliphatic heterocycles. The monoisotopic (exact) mass is 549 g/mol. The van der Waals surface area contributed by atoms with Gasteiger partial charge in [0.15, 0.2) is 5.78 Å². The largest absolute Gasteiger partial charge is 0.350 e. The van der Waals surface area contributed by atoms with Crippen LogP contribution in [0, 0.1) is 0 Å². The van der Waals surface area contributed by atoms with E-state index in [0.717, 1.165) is 32.4 Å². The Morgan fingerprint density at radius 1 is 0.973 bits per heavy atom. The molecule has 186 valence electrons. The number of thiophene rings is 1. The molecule has 0 spiro atoms. The number of aromatic nitrogens is 1. The van der Waals surface area contributed by atoms with Gasteiger partial charge in [-0.05, 0) is 59.6 Å². The van der Waals surface area contributed by atoms with Gasteiger partial charge in [0.1, 0.15) is 6.54 Å². The number of fused-ring (bicyclic) bond motifs is 1. The Labute approximate surface area is 225 Å². The summed E-state index contributed by atoms with van der Waals surface area (Å²) in [5.41, 5.74) is 1.90. The number of hydrogen-bond donors (Lipinski definition) is 1. The van der Waals surface area contributed by atoms with Gasteiger partial charge in [0.25, 0.3) is 11.1 Å². The third kappa shape index (κ3) is 5.53. The van der Waals surface area contributed by atoms with Crippen molar-refractivity contribution in [1.29, 1.82) is 0 Å². The Bertz CT molecular complexity index is 1540. The number of benzene rings is 2. The van der Waals surface area contributed by atoms with E-state index < -0.39 is 11.1 Å². The molecule has 10 heteroatoms. The van der Waals surface area contributed by atoms with E-state index in [1.54, 1.807) is 47.9 Å². The maximum absolute atomic E-state index is 13.0. The fraction of sp³-hybridized carbons (Fsp3) is 0.111. The summed E-state index contributed by atoms with van der Waals surface area (Å²) in [6.45, 7) is 0.219. The SMILES string of the molecule is O=C(Cn1cc(/C=C2\SC(=O)N(CC(=O)c3ccc(Cl)cc3)C2=O)c2ccccc21)NCc1cccs1. The van der Waals surface area contributed by atoms with Crippen molar-refractivity contribution < 1.29 is 19.2 Å². The van der Waals surface area contributed by atoms with Crippen LogP contribution in [0.25, 0.3) is 17.0 Å². The van der Waals surface area contributed by atoms with E-state index in [9.17, 15) is 19.2 Å². The zero-order valence-electron chi connectivity index (χ0n) is 19.3.